The van der Waals surface area contributed by atoms with Crippen LogP contribution in [0, 0.1) is 0 Å². The van der Waals surface area contributed by atoms with Crippen molar-refractivity contribution in [2.45, 2.75) is 12.5 Å². The molecule has 16 heavy (non-hydrogen) atoms. The van der Waals surface area contributed by atoms with Gasteiger partial charge in [-0.25, -0.2) is 4.79 Å². The molecule has 0 radical (unpaired) electrons. The number of ether oxygens (including phenoxy) is 1. The van der Waals surface area contributed by atoms with Gasteiger partial charge in [-0.1, -0.05) is 29.7 Å². The van der Waals surface area contributed by atoms with Crippen LogP contribution in [0.4, 0.5) is 0 Å². The Kier molecular flexibility index (Phi) is 2.94. The number of cyclic esters (lactones) is 1. The van der Waals surface area contributed by atoms with Gasteiger partial charge >= 0.3 is 5.97 Å². The first-order valence-electron chi connectivity index (χ1n) is 5.21. The summed E-state index contributed by atoms with van der Waals surface area (Å²) in [7, 11) is 1.86. The minimum atomic E-state index is -0.493. The van der Waals surface area contributed by atoms with Crippen molar-refractivity contribution in [3.63, 3.8) is 0 Å². The lowest BCUT2D eigenvalue weighted by Crippen LogP contribution is -2.39. The molecule has 0 bridgehead atoms. The average Bonchev–Trinajstić information content (AvgIpc) is 2.65. The van der Waals surface area contributed by atoms with Gasteiger partial charge in [0.25, 0.3) is 5.91 Å². The molecule has 0 aromatic heterocycles. The van der Waals surface area contributed by atoms with Crippen LogP contribution in [0.15, 0.2) is 24.3 Å². The summed E-state index contributed by atoms with van der Waals surface area (Å²) in [5.74, 6) is -0.566. The molecule has 5 heteroatoms. The first-order valence-corrected chi connectivity index (χ1v) is 5.21. The smallest absolute Gasteiger partial charge is 0.328 e. The van der Waals surface area contributed by atoms with Gasteiger partial charge in [0.15, 0.2) is 0 Å². The molecule has 82 valence electrons. The van der Waals surface area contributed by atoms with Crippen molar-refractivity contribution in [2.24, 2.45) is 0 Å². The van der Waals surface area contributed by atoms with E-state index in [0.717, 1.165) is 5.46 Å². The minimum Gasteiger partial charge on any atom is -0.464 e. The van der Waals surface area contributed by atoms with Crippen LogP contribution >= 0.6 is 0 Å². The second kappa shape index (κ2) is 4.39. The van der Waals surface area contributed by atoms with Gasteiger partial charge < -0.3 is 10.1 Å². The lowest BCUT2D eigenvalue weighted by Gasteiger charge is -2.10. The predicted octanol–water partition coefficient (Wildman–Crippen LogP) is -1.01. The monoisotopic (exact) mass is 217 g/mol. The van der Waals surface area contributed by atoms with Gasteiger partial charge in [-0.15, -0.1) is 0 Å². The number of rotatable bonds is 2. The molecule has 1 aromatic carbocycles. The fourth-order valence-electron chi connectivity index (χ4n) is 1.69. The highest BCUT2D eigenvalue weighted by Crippen LogP contribution is 2.06. The second-order valence-corrected chi connectivity index (χ2v) is 3.80. The van der Waals surface area contributed by atoms with Crippen molar-refractivity contribution in [2.75, 3.05) is 6.61 Å². The maximum absolute atomic E-state index is 11.8. The Morgan fingerprint density at radius 1 is 1.44 bits per heavy atom. The number of hydrogen-bond acceptors (Lipinski definition) is 3. The zero-order valence-electron chi connectivity index (χ0n) is 9.03. The number of carbonyl (C=O) groups excluding carboxylic acids is 2. The van der Waals surface area contributed by atoms with Crippen LogP contribution in [0.1, 0.15) is 16.8 Å². The number of esters is 1. The molecule has 1 atom stereocenters. The summed E-state index contributed by atoms with van der Waals surface area (Å²) in [4.78, 5) is 23.0. The number of benzene rings is 1. The Bertz CT molecular complexity index is 433. The van der Waals surface area contributed by atoms with Crippen LogP contribution in [0.2, 0.25) is 0 Å². The van der Waals surface area contributed by atoms with Gasteiger partial charge in [0.1, 0.15) is 13.9 Å². The Morgan fingerprint density at radius 3 is 2.81 bits per heavy atom. The van der Waals surface area contributed by atoms with Crippen molar-refractivity contribution in [1.29, 1.82) is 0 Å². The van der Waals surface area contributed by atoms with Crippen molar-refractivity contribution in [3.8, 4) is 0 Å². The molecule has 1 fully saturated rings. The zero-order valence-corrected chi connectivity index (χ0v) is 9.03. The zero-order chi connectivity index (χ0) is 11.5. The SMILES string of the molecule is Bc1ccccc1C(=O)NC1CCOC1=O. The van der Waals surface area contributed by atoms with Crippen molar-refractivity contribution in [1.82, 2.24) is 5.32 Å². The van der Waals surface area contributed by atoms with Crippen LogP contribution in [-0.4, -0.2) is 32.4 Å². The van der Waals surface area contributed by atoms with Gasteiger partial charge in [0.2, 0.25) is 0 Å². The maximum Gasteiger partial charge on any atom is 0.328 e. The number of amides is 1. The maximum atomic E-state index is 11.8. The molecule has 1 aliphatic rings. The normalized spacial score (nSPS) is 19.2. The van der Waals surface area contributed by atoms with Crippen molar-refractivity contribution < 1.29 is 14.3 Å². The summed E-state index contributed by atoms with van der Waals surface area (Å²) >= 11 is 0. The van der Waals surface area contributed by atoms with Gasteiger partial charge in [0, 0.05) is 12.0 Å². The molecular weight excluding hydrogens is 205 g/mol. The van der Waals surface area contributed by atoms with Gasteiger partial charge in [0.05, 0.1) is 6.61 Å². The van der Waals surface area contributed by atoms with E-state index in [2.05, 4.69) is 5.32 Å². The molecule has 1 N–H and O–H groups in total. The summed E-state index contributed by atoms with van der Waals surface area (Å²) in [6.07, 6.45) is 0.552. The summed E-state index contributed by atoms with van der Waals surface area (Å²) in [5.41, 5.74) is 1.49. The Labute approximate surface area is 94.4 Å². The summed E-state index contributed by atoms with van der Waals surface area (Å²) in [5, 5.41) is 2.67. The molecule has 0 aliphatic carbocycles. The lowest BCUT2D eigenvalue weighted by atomic mass is 9.90. The van der Waals surface area contributed by atoms with Gasteiger partial charge in [-0.3, -0.25) is 4.79 Å². The third-order valence-corrected chi connectivity index (χ3v) is 2.63. The Balaban J connectivity index is 2.09. The van der Waals surface area contributed by atoms with E-state index in [4.69, 9.17) is 4.74 Å². The highest BCUT2D eigenvalue weighted by Gasteiger charge is 2.28. The summed E-state index contributed by atoms with van der Waals surface area (Å²) < 4.78 is 4.78. The molecule has 0 spiro atoms. The van der Waals surface area contributed by atoms with E-state index in [1.165, 1.54) is 0 Å². The minimum absolute atomic E-state index is 0.220. The largest absolute Gasteiger partial charge is 0.464 e. The molecule has 1 unspecified atom stereocenters. The van der Waals surface area contributed by atoms with E-state index in [9.17, 15) is 9.59 Å². The van der Waals surface area contributed by atoms with E-state index in [1.807, 2.05) is 20.0 Å². The average molecular weight is 217 g/mol. The summed E-state index contributed by atoms with van der Waals surface area (Å²) in [6, 6.07) is 6.78. The van der Waals surface area contributed by atoms with Crippen LogP contribution in [0.5, 0.6) is 0 Å². The highest BCUT2D eigenvalue weighted by molar-refractivity contribution is 6.36. The van der Waals surface area contributed by atoms with E-state index >= 15 is 0 Å². The van der Waals surface area contributed by atoms with Crippen molar-refractivity contribution in [3.05, 3.63) is 29.8 Å². The fraction of sp³-hybridized carbons (Fsp3) is 0.273. The standard InChI is InChI=1S/C11H12BNO3/c12-8-4-2-1-3-7(8)10(14)13-9-5-6-16-11(9)15/h1-4,9H,5-6,12H2,(H,13,14). The van der Waals surface area contributed by atoms with Crippen LogP contribution < -0.4 is 10.8 Å². The number of carbonyl (C=O) groups is 2. The molecule has 4 nitrogen and oxygen atoms in total. The molecule has 1 aromatic rings. The first-order chi connectivity index (χ1) is 7.68. The van der Waals surface area contributed by atoms with Crippen LogP contribution in [0.3, 0.4) is 0 Å². The highest BCUT2D eigenvalue weighted by atomic mass is 16.5. The van der Waals surface area contributed by atoms with E-state index in [1.54, 1.807) is 12.1 Å². The molecule has 1 aliphatic heterocycles. The molecule has 1 amide bonds. The molecule has 1 saturated heterocycles. The topological polar surface area (TPSA) is 55.4 Å². The number of hydrogen-bond donors (Lipinski definition) is 1. The third-order valence-electron chi connectivity index (χ3n) is 2.63. The van der Waals surface area contributed by atoms with E-state index < -0.39 is 6.04 Å². The van der Waals surface area contributed by atoms with E-state index in [-0.39, 0.29) is 11.9 Å². The Morgan fingerprint density at radius 2 is 2.19 bits per heavy atom. The second-order valence-electron chi connectivity index (χ2n) is 3.80. The third kappa shape index (κ3) is 2.08. The Hall–Kier alpha value is -1.78. The molecular formula is C11H12BNO3. The molecule has 0 saturated carbocycles. The van der Waals surface area contributed by atoms with Crippen LogP contribution in [0.25, 0.3) is 0 Å². The van der Waals surface area contributed by atoms with E-state index in [0.29, 0.717) is 18.6 Å². The molecule has 1 heterocycles. The number of nitrogens with one attached hydrogen (secondary N) is 1. The van der Waals surface area contributed by atoms with Gasteiger partial charge in [-0.2, -0.15) is 0 Å². The quantitative estimate of drug-likeness (QED) is 0.510. The lowest BCUT2D eigenvalue weighted by molar-refractivity contribution is -0.139. The van der Waals surface area contributed by atoms with Gasteiger partial charge in [-0.05, 0) is 0 Å². The molecule has 2 rings (SSSR count). The summed E-state index contributed by atoms with van der Waals surface area (Å²) in [6.45, 7) is 0.386. The first kappa shape index (κ1) is 10.7. The fourth-order valence-corrected chi connectivity index (χ4v) is 1.69. The van der Waals surface area contributed by atoms with Crippen molar-refractivity contribution >= 4 is 25.2 Å². The predicted molar refractivity (Wildman–Crippen MR) is 61.5 cm³/mol. The van der Waals surface area contributed by atoms with Crippen LogP contribution in [-0.2, 0) is 9.53 Å².